The second-order valence-electron chi connectivity index (χ2n) is 25.3. The summed E-state index contributed by atoms with van der Waals surface area (Å²) in [5, 5.41) is 23.4. The standard InChI is InChI=1S/C72H143NO5/c1-3-5-7-9-11-13-15-17-19-20-21-30-33-37-40-44-48-52-56-60-64-70(75)69(68-74)73-71(76)65-61-57-53-49-45-41-38-34-31-28-26-24-22-23-25-27-29-32-35-39-43-47-51-55-59-63-67-78-72(77)66-62-58-54-50-46-42-36-18-16-14-12-10-8-6-4-2/h69-70,74-75H,3-68H2,1-2H3,(H,73,76). The van der Waals surface area contributed by atoms with Gasteiger partial charge in [-0.25, -0.2) is 0 Å². The molecular formula is C72H143NO5. The van der Waals surface area contributed by atoms with Crippen LogP contribution in [0.1, 0.15) is 425 Å². The SMILES string of the molecule is CCCCCCCCCCCCCCCCCCCCCCC(O)C(CO)NC(=O)CCCCCCCCCCCCCCCCCCCCCCCCCCCCOC(=O)CCCCCCCCCCCCCCCCC. The van der Waals surface area contributed by atoms with Crippen LogP contribution >= 0.6 is 0 Å². The van der Waals surface area contributed by atoms with Gasteiger partial charge in [-0.2, -0.15) is 0 Å². The molecule has 1 amide bonds. The number of rotatable bonds is 69. The quantitative estimate of drug-likeness (QED) is 0.0417. The molecule has 2 atom stereocenters. The third-order valence-corrected chi connectivity index (χ3v) is 17.4. The van der Waals surface area contributed by atoms with E-state index in [1.165, 1.54) is 353 Å². The predicted octanol–water partition coefficient (Wildman–Crippen LogP) is 23.4. The van der Waals surface area contributed by atoms with Gasteiger partial charge in [0.05, 0.1) is 25.4 Å². The van der Waals surface area contributed by atoms with Gasteiger partial charge in [0.2, 0.25) is 5.91 Å². The van der Waals surface area contributed by atoms with Crippen LogP contribution in [-0.2, 0) is 14.3 Å². The van der Waals surface area contributed by atoms with Crippen LogP contribution in [0.5, 0.6) is 0 Å². The Bertz CT molecular complexity index is 1130. The Hall–Kier alpha value is -1.14. The molecule has 0 fully saturated rings. The van der Waals surface area contributed by atoms with E-state index in [-0.39, 0.29) is 18.5 Å². The molecule has 3 N–H and O–H groups in total. The summed E-state index contributed by atoms with van der Waals surface area (Å²) in [4.78, 5) is 24.6. The molecule has 0 aromatic heterocycles. The highest BCUT2D eigenvalue weighted by atomic mass is 16.5. The molecule has 0 heterocycles. The van der Waals surface area contributed by atoms with Crippen LogP contribution in [0.25, 0.3) is 0 Å². The number of aliphatic hydroxyl groups excluding tert-OH is 2. The summed E-state index contributed by atoms with van der Waals surface area (Å²) in [6.07, 6.45) is 83.0. The van der Waals surface area contributed by atoms with Crippen molar-refractivity contribution in [3.8, 4) is 0 Å². The molecule has 78 heavy (non-hydrogen) atoms. The smallest absolute Gasteiger partial charge is 0.305 e. The minimum absolute atomic E-state index is 0.0217. The van der Waals surface area contributed by atoms with Crippen molar-refractivity contribution in [3.05, 3.63) is 0 Å². The maximum Gasteiger partial charge on any atom is 0.305 e. The Morgan fingerprint density at radius 2 is 0.526 bits per heavy atom. The molecule has 0 aliphatic carbocycles. The minimum atomic E-state index is -0.662. The van der Waals surface area contributed by atoms with Crippen LogP contribution in [0.15, 0.2) is 0 Å². The number of nitrogens with one attached hydrogen (secondary N) is 1. The van der Waals surface area contributed by atoms with E-state index >= 15 is 0 Å². The molecule has 0 aliphatic rings. The van der Waals surface area contributed by atoms with Crippen LogP contribution < -0.4 is 5.32 Å². The fourth-order valence-corrected chi connectivity index (χ4v) is 11.9. The van der Waals surface area contributed by atoms with Crippen molar-refractivity contribution in [3.63, 3.8) is 0 Å². The number of hydrogen-bond acceptors (Lipinski definition) is 5. The molecule has 0 saturated heterocycles. The predicted molar refractivity (Wildman–Crippen MR) is 343 cm³/mol. The average Bonchev–Trinajstić information content (AvgIpc) is 3.44. The van der Waals surface area contributed by atoms with Crippen LogP contribution in [0.2, 0.25) is 0 Å². The van der Waals surface area contributed by atoms with Crippen LogP contribution in [0.3, 0.4) is 0 Å². The number of amides is 1. The zero-order valence-electron chi connectivity index (χ0n) is 53.4. The van der Waals surface area contributed by atoms with Gasteiger partial charge in [0, 0.05) is 12.8 Å². The monoisotopic (exact) mass is 1100 g/mol. The summed E-state index contributed by atoms with van der Waals surface area (Å²) < 4.78 is 5.50. The van der Waals surface area contributed by atoms with Gasteiger partial charge in [-0.1, -0.05) is 386 Å². The molecule has 0 radical (unpaired) electrons. The molecule has 6 nitrogen and oxygen atoms in total. The summed E-state index contributed by atoms with van der Waals surface area (Å²) >= 11 is 0. The first-order chi connectivity index (χ1) is 38.5. The maximum absolute atomic E-state index is 12.5. The number of carbonyl (C=O) groups excluding carboxylic acids is 2. The van der Waals surface area contributed by atoms with E-state index in [9.17, 15) is 19.8 Å². The van der Waals surface area contributed by atoms with Gasteiger partial charge in [0.1, 0.15) is 0 Å². The third-order valence-electron chi connectivity index (χ3n) is 17.4. The lowest BCUT2D eigenvalue weighted by atomic mass is 10.0. The Labute approximate surface area is 489 Å². The van der Waals surface area contributed by atoms with Crippen molar-refractivity contribution < 1.29 is 24.5 Å². The molecule has 0 aromatic carbocycles. The van der Waals surface area contributed by atoms with Gasteiger partial charge >= 0.3 is 5.97 Å². The fourth-order valence-electron chi connectivity index (χ4n) is 11.9. The summed E-state index contributed by atoms with van der Waals surface area (Å²) in [6, 6.07) is -0.539. The van der Waals surface area contributed by atoms with Crippen LogP contribution in [0.4, 0.5) is 0 Å². The number of unbranched alkanes of at least 4 members (excludes halogenated alkanes) is 58. The molecule has 2 unspecified atom stereocenters. The van der Waals surface area contributed by atoms with Crippen LogP contribution in [0, 0.1) is 0 Å². The highest BCUT2D eigenvalue weighted by molar-refractivity contribution is 5.76. The number of hydrogen-bond donors (Lipinski definition) is 3. The molecule has 0 aromatic rings. The lowest BCUT2D eigenvalue weighted by Gasteiger charge is -2.22. The van der Waals surface area contributed by atoms with Gasteiger partial charge in [-0.05, 0) is 25.7 Å². The molecule has 0 rings (SSSR count). The molecule has 0 saturated carbocycles. The largest absolute Gasteiger partial charge is 0.466 e. The summed E-state index contributed by atoms with van der Waals surface area (Å²) in [6.45, 7) is 5.01. The van der Waals surface area contributed by atoms with E-state index in [4.69, 9.17) is 4.74 Å². The van der Waals surface area contributed by atoms with Crippen molar-refractivity contribution in [1.82, 2.24) is 5.32 Å². The number of esters is 1. The lowest BCUT2D eigenvalue weighted by molar-refractivity contribution is -0.143. The van der Waals surface area contributed by atoms with Gasteiger partial charge < -0.3 is 20.3 Å². The van der Waals surface area contributed by atoms with Gasteiger partial charge in [-0.3, -0.25) is 9.59 Å². The second-order valence-corrected chi connectivity index (χ2v) is 25.3. The Morgan fingerprint density at radius 1 is 0.308 bits per heavy atom. The zero-order valence-corrected chi connectivity index (χ0v) is 53.4. The summed E-state index contributed by atoms with van der Waals surface area (Å²) in [5.41, 5.74) is 0. The normalized spacial score (nSPS) is 12.4. The number of carbonyl (C=O) groups is 2. The summed E-state index contributed by atoms with van der Waals surface area (Å²) in [5.74, 6) is -0.00563. The van der Waals surface area contributed by atoms with Crippen molar-refractivity contribution in [2.75, 3.05) is 13.2 Å². The second kappa shape index (κ2) is 68.4. The summed E-state index contributed by atoms with van der Waals surface area (Å²) in [7, 11) is 0. The number of aliphatic hydroxyl groups is 2. The van der Waals surface area contributed by atoms with E-state index in [2.05, 4.69) is 19.2 Å². The first-order valence-corrected chi connectivity index (χ1v) is 36.3. The van der Waals surface area contributed by atoms with E-state index in [0.717, 1.165) is 38.5 Å². The average molecular weight is 1100 g/mol. The van der Waals surface area contributed by atoms with Gasteiger partial charge in [0.15, 0.2) is 0 Å². The highest BCUT2D eigenvalue weighted by Crippen LogP contribution is 2.20. The number of ether oxygens (including phenoxy) is 1. The topological polar surface area (TPSA) is 95.9 Å². The van der Waals surface area contributed by atoms with E-state index in [1.807, 2.05) is 0 Å². The Kier molecular flexibility index (Phi) is 67.4. The van der Waals surface area contributed by atoms with Crippen molar-refractivity contribution in [1.29, 1.82) is 0 Å². The fraction of sp³-hybridized carbons (Fsp3) is 0.972. The molecule has 0 bridgehead atoms. The Balaban J connectivity index is 3.34. The lowest BCUT2D eigenvalue weighted by Crippen LogP contribution is -2.45. The van der Waals surface area contributed by atoms with Crippen molar-refractivity contribution in [2.24, 2.45) is 0 Å². The first-order valence-electron chi connectivity index (χ1n) is 36.3. The maximum atomic E-state index is 12.5. The van der Waals surface area contributed by atoms with Crippen molar-refractivity contribution >= 4 is 11.9 Å². The van der Waals surface area contributed by atoms with Gasteiger partial charge in [-0.15, -0.1) is 0 Å². The van der Waals surface area contributed by atoms with Gasteiger partial charge in [0.25, 0.3) is 0 Å². The van der Waals surface area contributed by atoms with E-state index < -0.39 is 12.1 Å². The minimum Gasteiger partial charge on any atom is -0.466 e. The molecule has 0 aliphatic heterocycles. The zero-order chi connectivity index (χ0) is 56.4. The molecular weight excluding hydrogens is 959 g/mol. The van der Waals surface area contributed by atoms with E-state index in [0.29, 0.717) is 25.9 Å². The van der Waals surface area contributed by atoms with Crippen molar-refractivity contribution in [2.45, 2.75) is 437 Å². The molecule has 0 spiro atoms. The molecule has 6 heteroatoms. The third kappa shape index (κ3) is 64.0. The Morgan fingerprint density at radius 3 is 0.782 bits per heavy atom. The first kappa shape index (κ1) is 76.9. The van der Waals surface area contributed by atoms with Crippen LogP contribution in [-0.4, -0.2) is 47.4 Å². The molecule has 466 valence electrons. The van der Waals surface area contributed by atoms with E-state index in [1.54, 1.807) is 0 Å². The highest BCUT2D eigenvalue weighted by Gasteiger charge is 2.20.